The number of nitrogens with zero attached hydrogens (tertiary/aromatic N) is 6. The fraction of sp³-hybridized carbons (Fsp3) is 0.500. The van der Waals surface area contributed by atoms with Gasteiger partial charge in [0, 0.05) is 37.4 Å². The summed E-state index contributed by atoms with van der Waals surface area (Å²) in [5.74, 6) is 1.95. The fourth-order valence-electron chi connectivity index (χ4n) is 4.42. The number of rotatable bonds is 7. The summed E-state index contributed by atoms with van der Waals surface area (Å²) in [6.07, 6.45) is 6.97. The van der Waals surface area contributed by atoms with Gasteiger partial charge in [-0.15, -0.1) is 0 Å². The molecule has 0 aliphatic carbocycles. The van der Waals surface area contributed by atoms with Crippen molar-refractivity contribution >= 4 is 39.4 Å². The molecule has 2 saturated heterocycles. The first-order valence-corrected chi connectivity index (χ1v) is 14.0. The largest absolute Gasteiger partial charge is 0.341 e. The van der Waals surface area contributed by atoms with E-state index in [2.05, 4.69) is 25.0 Å². The zero-order chi connectivity index (χ0) is 25.1. The summed E-state index contributed by atoms with van der Waals surface area (Å²) in [4.78, 5) is 18.8. The predicted octanol–water partition coefficient (Wildman–Crippen LogP) is 4.00. The highest BCUT2D eigenvalue weighted by Gasteiger charge is 2.22. The summed E-state index contributed by atoms with van der Waals surface area (Å²) < 4.78 is 33.2. The van der Waals surface area contributed by atoms with Crippen molar-refractivity contribution in [3.8, 4) is 0 Å². The molecule has 36 heavy (non-hydrogen) atoms. The first kappa shape index (κ1) is 24.3. The second-order valence-corrected chi connectivity index (χ2v) is 11.0. The van der Waals surface area contributed by atoms with Crippen LogP contribution in [0.3, 0.4) is 0 Å². The Morgan fingerprint density at radius 1 is 0.806 bits per heavy atom. The van der Waals surface area contributed by atoms with Crippen molar-refractivity contribution in [3.05, 3.63) is 35.5 Å². The third-order valence-electron chi connectivity index (χ3n) is 6.69. The van der Waals surface area contributed by atoms with Gasteiger partial charge in [0.2, 0.25) is 23.7 Å². The van der Waals surface area contributed by atoms with Gasteiger partial charge in [0.25, 0.3) is 10.0 Å². The van der Waals surface area contributed by atoms with Crippen LogP contribution in [-0.2, 0) is 10.0 Å². The van der Waals surface area contributed by atoms with E-state index in [1.165, 1.54) is 25.0 Å². The summed E-state index contributed by atoms with van der Waals surface area (Å²) in [6.45, 7) is 7.26. The van der Waals surface area contributed by atoms with Crippen LogP contribution in [0.25, 0.3) is 0 Å². The van der Waals surface area contributed by atoms with E-state index in [0.717, 1.165) is 51.9 Å². The minimum Gasteiger partial charge on any atom is -0.341 e. The molecule has 5 rings (SSSR count). The number of aryl methyl sites for hydroxylation is 1. The third kappa shape index (κ3) is 5.38. The molecule has 1 aromatic carbocycles. The Morgan fingerprint density at radius 3 is 1.86 bits per heavy atom. The lowest BCUT2D eigenvalue weighted by Gasteiger charge is -2.30. The van der Waals surface area contributed by atoms with Gasteiger partial charge in [-0.3, -0.25) is 0 Å². The van der Waals surface area contributed by atoms with E-state index in [4.69, 9.17) is 19.5 Å². The van der Waals surface area contributed by atoms with Crippen LogP contribution in [0.1, 0.15) is 49.8 Å². The SMILES string of the molecule is Cc1noc(NS(=O)(=O)c2ccc(Nc3nc(N4CCCCC4)nc(N4CCCCC4)n3)cc2)c1C. The summed E-state index contributed by atoms with van der Waals surface area (Å²) in [6, 6.07) is 6.44. The minimum atomic E-state index is -3.82. The van der Waals surface area contributed by atoms with Gasteiger partial charge in [0.1, 0.15) is 0 Å². The van der Waals surface area contributed by atoms with Crippen molar-refractivity contribution in [2.45, 2.75) is 57.3 Å². The standard InChI is InChI=1S/C24H32N8O3S/c1-17-18(2)29-35-21(17)30-36(33,34)20-11-9-19(10-12-20)25-22-26-23(31-13-5-3-6-14-31)28-24(27-22)32-15-7-4-8-16-32/h9-12,30H,3-8,13-16H2,1-2H3,(H,25,26,27,28). The average molecular weight is 513 g/mol. The van der Waals surface area contributed by atoms with Gasteiger partial charge in [-0.2, -0.15) is 15.0 Å². The second kappa shape index (κ2) is 10.3. The number of anilines is 5. The molecule has 4 heterocycles. The minimum absolute atomic E-state index is 0.111. The molecular weight excluding hydrogens is 480 g/mol. The summed E-state index contributed by atoms with van der Waals surface area (Å²) in [7, 11) is -3.82. The molecule has 0 bridgehead atoms. The van der Waals surface area contributed by atoms with Crippen molar-refractivity contribution in [2.24, 2.45) is 0 Å². The quantitative estimate of drug-likeness (QED) is 0.479. The number of hydrogen-bond donors (Lipinski definition) is 2. The maximum atomic E-state index is 12.8. The molecule has 11 nitrogen and oxygen atoms in total. The van der Waals surface area contributed by atoms with E-state index in [1.54, 1.807) is 26.0 Å². The van der Waals surface area contributed by atoms with Crippen molar-refractivity contribution in [2.75, 3.05) is 46.0 Å². The average Bonchev–Trinajstić information content (AvgIpc) is 3.21. The van der Waals surface area contributed by atoms with Crippen molar-refractivity contribution in [1.29, 1.82) is 0 Å². The van der Waals surface area contributed by atoms with E-state index < -0.39 is 10.0 Å². The second-order valence-electron chi connectivity index (χ2n) is 9.33. The molecule has 2 aromatic heterocycles. The highest BCUT2D eigenvalue weighted by Crippen LogP contribution is 2.26. The number of aromatic nitrogens is 4. The van der Waals surface area contributed by atoms with Crippen LogP contribution in [0.4, 0.5) is 29.4 Å². The van der Waals surface area contributed by atoms with Crippen molar-refractivity contribution in [3.63, 3.8) is 0 Å². The van der Waals surface area contributed by atoms with E-state index in [0.29, 0.717) is 34.8 Å². The summed E-state index contributed by atoms with van der Waals surface area (Å²) >= 11 is 0. The molecule has 2 aliphatic heterocycles. The van der Waals surface area contributed by atoms with Gasteiger partial charge in [0.05, 0.1) is 10.6 Å². The molecule has 0 radical (unpaired) electrons. The van der Waals surface area contributed by atoms with E-state index in [1.807, 2.05) is 0 Å². The lowest BCUT2D eigenvalue weighted by Crippen LogP contribution is -2.34. The zero-order valence-corrected chi connectivity index (χ0v) is 21.5. The number of benzene rings is 1. The molecule has 0 spiro atoms. The Labute approximate surface area is 211 Å². The molecule has 0 atom stereocenters. The predicted molar refractivity (Wildman–Crippen MR) is 138 cm³/mol. The monoisotopic (exact) mass is 512 g/mol. The lowest BCUT2D eigenvalue weighted by atomic mass is 10.1. The first-order valence-electron chi connectivity index (χ1n) is 12.5. The molecule has 3 aromatic rings. The molecule has 0 unspecified atom stereocenters. The highest BCUT2D eigenvalue weighted by molar-refractivity contribution is 7.92. The first-order chi connectivity index (χ1) is 17.4. The van der Waals surface area contributed by atoms with Gasteiger partial charge in [-0.1, -0.05) is 5.16 Å². The van der Waals surface area contributed by atoms with Crippen LogP contribution in [0.5, 0.6) is 0 Å². The highest BCUT2D eigenvalue weighted by atomic mass is 32.2. The number of hydrogen-bond acceptors (Lipinski definition) is 10. The van der Waals surface area contributed by atoms with Crippen LogP contribution < -0.4 is 19.8 Å². The van der Waals surface area contributed by atoms with Crippen molar-refractivity contribution in [1.82, 2.24) is 20.1 Å². The number of piperidine rings is 2. The number of sulfonamides is 1. The van der Waals surface area contributed by atoms with Crippen LogP contribution in [0.15, 0.2) is 33.7 Å². The normalized spacial score (nSPS) is 16.7. The summed E-state index contributed by atoms with van der Waals surface area (Å²) in [5.41, 5.74) is 1.97. The van der Waals surface area contributed by atoms with Gasteiger partial charge < -0.3 is 19.6 Å². The zero-order valence-electron chi connectivity index (χ0n) is 20.7. The van der Waals surface area contributed by atoms with Gasteiger partial charge in [-0.05, 0) is 76.6 Å². The molecule has 192 valence electrons. The molecule has 0 amide bonds. The van der Waals surface area contributed by atoms with Crippen LogP contribution in [0, 0.1) is 13.8 Å². The Morgan fingerprint density at radius 2 is 1.36 bits per heavy atom. The summed E-state index contributed by atoms with van der Waals surface area (Å²) in [5, 5.41) is 7.04. The molecule has 2 fully saturated rings. The molecular formula is C24H32N8O3S. The van der Waals surface area contributed by atoms with E-state index in [-0.39, 0.29) is 10.8 Å². The molecule has 12 heteroatoms. The maximum absolute atomic E-state index is 12.8. The van der Waals surface area contributed by atoms with E-state index in [9.17, 15) is 8.42 Å². The van der Waals surface area contributed by atoms with Crippen LogP contribution >= 0.6 is 0 Å². The Hall–Kier alpha value is -3.41. The third-order valence-corrected chi connectivity index (χ3v) is 8.04. The number of nitrogens with one attached hydrogen (secondary N) is 2. The fourth-order valence-corrected chi connectivity index (χ4v) is 5.47. The lowest BCUT2D eigenvalue weighted by molar-refractivity contribution is 0.430. The van der Waals surface area contributed by atoms with Crippen molar-refractivity contribution < 1.29 is 12.9 Å². The topological polar surface area (TPSA) is 129 Å². The molecule has 0 saturated carbocycles. The Balaban J connectivity index is 1.36. The van der Waals surface area contributed by atoms with Gasteiger partial charge >= 0.3 is 0 Å². The Kier molecular flexibility index (Phi) is 6.95. The smallest absolute Gasteiger partial charge is 0.264 e. The maximum Gasteiger partial charge on any atom is 0.264 e. The molecule has 2 N–H and O–H groups in total. The van der Waals surface area contributed by atoms with E-state index >= 15 is 0 Å². The molecule has 2 aliphatic rings. The van der Waals surface area contributed by atoms with Gasteiger partial charge in [0.15, 0.2) is 0 Å². The van der Waals surface area contributed by atoms with Gasteiger partial charge in [-0.25, -0.2) is 13.1 Å². The van der Waals surface area contributed by atoms with Crippen LogP contribution in [0.2, 0.25) is 0 Å². The Bertz CT molecular complexity index is 1260. The van der Waals surface area contributed by atoms with Crippen LogP contribution in [-0.4, -0.2) is 54.7 Å².